The van der Waals surface area contributed by atoms with Gasteiger partial charge in [-0.3, -0.25) is 4.68 Å². The van der Waals surface area contributed by atoms with E-state index in [0.717, 1.165) is 10.3 Å². The van der Waals surface area contributed by atoms with Gasteiger partial charge in [0.15, 0.2) is 5.65 Å². The lowest BCUT2D eigenvalue weighted by atomic mass is 10.4. The number of fused-ring (bicyclic) bond motifs is 1. The molecule has 0 radical (unpaired) electrons. The van der Waals surface area contributed by atoms with Gasteiger partial charge in [0, 0.05) is 11.9 Å². The predicted octanol–water partition coefficient (Wildman–Crippen LogP) is 3.45. The van der Waals surface area contributed by atoms with Crippen LogP contribution in [0.4, 0.5) is 4.39 Å². The van der Waals surface area contributed by atoms with Gasteiger partial charge in [-0.25, -0.2) is 14.4 Å². The summed E-state index contributed by atoms with van der Waals surface area (Å²) in [5, 5.41) is 5.22. The molecule has 0 N–H and O–H groups in total. The molecule has 2 heterocycles. The number of aromatic nitrogens is 4. The van der Waals surface area contributed by atoms with E-state index in [2.05, 4.69) is 15.1 Å². The zero-order valence-electron chi connectivity index (χ0n) is 10.5. The lowest BCUT2D eigenvalue weighted by molar-refractivity contribution is 0.624. The summed E-state index contributed by atoms with van der Waals surface area (Å²) in [5.74, 6) is 0.862. The minimum absolute atomic E-state index is 0.254. The van der Waals surface area contributed by atoms with E-state index in [4.69, 9.17) is 11.6 Å². The number of hydrogen-bond acceptors (Lipinski definition) is 4. The Bertz CT molecular complexity index is 774. The van der Waals surface area contributed by atoms with Crippen molar-refractivity contribution in [3.05, 3.63) is 47.3 Å². The number of hydrogen-bond donors (Lipinski definition) is 0. The number of rotatable bonds is 3. The molecule has 20 heavy (non-hydrogen) atoms. The minimum Gasteiger partial charge on any atom is -0.250 e. The topological polar surface area (TPSA) is 43.6 Å². The maximum atomic E-state index is 13.1. The summed E-state index contributed by atoms with van der Waals surface area (Å²) in [6.45, 7) is 0. The minimum atomic E-state index is -0.254. The fourth-order valence-electron chi connectivity index (χ4n) is 1.80. The SMILES string of the molecule is Cn1ncc2c(Cl)nc(CSc3cccc(F)c3)nc21. The molecule has 0 aliphatic heterocycles. The maximum absolute atomic E-state index is 13.1. The summed E-state index contributed by atoms with van der Waals surface area (Å²) in [4.78, 5) is 9.49. The van der Waals surface area contributed by atoms with Crippen molar-refractivity contribution in [2.75, 3.05) is 0 Å². The molecular weight excluding hydrogens is 299 g/mol. The van der Waals surface area contributed by atoms with Gasteiger partial charge in [0.1, 0.15) is 16.8 Å². The smallest absolute Gasteiger partial charge is 0.162 e. The maximum Gasteiger partial charge on any atom is 0.162 e. The Labute approximate surface area is 124 Å². The number of aryl methyl sites for hydroxylation is 1. The lowest BCUT2D eigenvalue weighted by Gasteiger charge is -2.03. The van der Waals surface area contributed by atoms with Crippen LogP contribution in [0.15, 0.2) is 35.4 Å². The fourth-order valence-corrected chi connectivity index (χ4v) is 2.83. The van der Waals surface area contributed by atoms with E-state index in [9.17, 15) is 4.39 Å². The first-order chi connectivity index (χ1) is 9.63. The van der Waals surface area contributed by atoms with Crippen molar-refractivity contribution < 1.29 is 4.39 Å². The van der Waals surface area contributed by atoms with Crippen LogP contribution in [0.1, 0.15) is 5.82 Å². The van der Waals surface area contributed by atoms with E-state index in [1.807, 2.05) is 6.07 Å². The summed E-state index contributed by atoms with van der Waals surface area (Å²) < 4.78 is 14.8. The zero-order chi connectivity index (χ0) is 14.1. The first-order valence-electron chi connectivity index (χ1n) is 5.86. The summed E-state index contributed by atoms with van der Waals surface area (Å²) in [6.07, 6.45) is 1.64. The van der Waals surface area contributed by atoms with E-state index in [1.165, 1.54) is 23.9 Å². The van der Waals surface area contributed by atoms with Crippen molar-refractivity contribution in [2.24, 2.45) is 7.05 Å². The second-order valence-corrected chi connectivity index (χ2v) is 5.59. The molecule has 3 aromatic rings. The number of halogens is 2. The molecule has 0 amide bonds. The molecule has 7 heteroatoms. The zero-order valence-corrected chi connectivity index (χ0v) is 12.1. The van der Waals surface area contributed by atoms with Gasteiger partial charge in [-0.15, -0.1) is 11.8 Å². The van der Waals surface area contributed by atoms with Gasteiger partial charge in [0.05, 0.1) is 17.3 Å². The van der Waals surface area contributed by atoms with Crippen LogP contribution in [0.25, 0.3) is 11.0 Å². The summed E-state index contributed by atoms with van der Waals surface area (Å²) >= 11 is 7.57. The van der Waals surface area contributed by atoms with Crippen LogP contribution >= 0.6 is 23.4 Å². The van der Waals surface area contributed by atoms with Crippen molar-refractivity contribution in [1.29, 1.82) is 0 Å². The van der Waals surface area contributed by atoms with E-state index in [0.29, 0.717) is 22.4 Å². The van der Waals surface area contributed by atoms with Crippen LogP contribution in [0.3, 0.4) is 0 Å². The summed E-state index contributed by atoms with van der Waals surface area (Å²) in [5.41, 5.74) is 0.694. The van der Waals surface area contributed by atoms with Crippen molar-refractivity contribution in [2.45, 2.75) is 10.6 Å². The second-order valence-electron chi connectivity index (χ2n) is 4.18. The molecule has 0 fully saturated rings. The largest absolute Gasteiger partial charge is 0.250 e. The van der Waals surface area contributed by atoms with Gasteiger partial charge >= 0.3 is 0 Å². The Hall–Kier alpha value is -1.66. The number of thioether (sulfide) groups is 1. The molecule has 0 atom stereocenters. The van der Waals surface area contributed by atoms with E-state index >= 15 is 0 Å². The molecule has 0 saturated heterocycles. The van der Waals surface area contributed by atoms with Crippen molar-refractivity contribution >= 4 is 34.4 Å². The number of nitrogens with zero attached hydrogens (tertiary/aromatic N) is 4. The van der Waals surface area contributed by atoms with E-state index in [-0.39, 0.29) is 5.82 Å². The fraction of sp³-hybridized carbons (Fsp3) is 0.154. The van der Waals surface area contributed by atoms with Crippen LogP contribution < -0.4 is 0 Å². The average molecular weight is 309 g/mol. The first-order valence-corrected chi connectivity index (χ1v) is 7.22. The highest BCUT2D eigenvalue weighted by Gasteiger charge is 2.10. The third-order valence-corrected chi connectivity index (χ3v) is 4.03. The molecule has 0 saturated carbocycles. The van der Waals surface area contributed by atoms with Crippen LogP contribution in [-0.4, -0.2) is 19.7 Å². The van der Waals surface area contributed by atoms with E-state index < -0.39 is 0 Å². The molecule has 2 aromatic heterocycles. The summed E-state index contributed by atoms with van der Waals surface area (Å²) in [6, 6.07) is 6.42. The van der Waals surface area contributed by atoms with Crippen molar-refractivity contribution in [1.82, 2.24) is 19.7 Å². The molecule has 102 valence electrons. The molecule has 0 unspecified atom stereocenters. The Kier molecular flexibility index (Phi) is 3.58. The van der Waals surface area contributed by atoms with Crippen molar-refractivity contribution in [3.63, 3.8) is 0 Å². The standard InChI is InChI=1S/C13H10ClFN4S/c1-19-13-10(6-16-19)12(14)17-11(18-13)7-20-9-4-2-3-8(15)5-9/h2-6H,7H2,1H3. The van der Waals surface area contributed by atoms with Gasteiger partial charge < -0.3 is 0 Å². The van der Waals surface area contributed by atoms with Crippen LogP contribution in [-0.2, 0) is 12.8 Å². The molecule has 1 aromatic carbocycles. The first kappa shape index (κ1) is 13.3. The Morgan fingerprint density at radius 2 is 2.20 bits per heavy atom. The van der Waals surface area contributed by atoms with Gasteiger partial charge in [-0.1, -0.05) is 17.7 Å². The van der Waals surface area contributed by atoms with Gasteiger partial charge in [0.2, 0.25) is 0 Å². The normalized spacial score (nSPS) is 11.2. The Morgan fingerprint density at radius 1 is 1.35 bits per heavy atom. The highest BCUT2D eigenvalue weighted by molar-refractivity contribution is 7.98. The Balaban J connectivity index is 1.86. The Morgan fingerprint density at radius 3 is 3.00 bits per heavy atom. The molecular formula is C13H10ClFN4S. The van der Waals surface area contributed by atoms with Crippen molar-refractivity contribution in [3.8, 4) is 0 Å². The van der Waals surface area contributed by atoms with Gasteiger partial charge in [0.25, 0.3) is 0 Å². The highest BCUT2D eigenvalue weighted by atomic mass is 35.5. The van der Waals surface area contributed by atoms with Crippen LogP contribution in [0, 0.1) is 5.82 Å². The third kappa shape index (κ3) is 2.62. The third-order valence-electron chi connectivity index (χ3n) is 2.76. The second kappa shape index (κ2) is 5.38. The molecule has 0 aliphatic carbocycles. The summed E-state index contributed by atoms with van der Waals surface area (Å²) in [7, 11) is 1.80. The van der Waals surface area contributed by atoms with E-state index in [1.54, 1.807) is 24.0 Å². The highest BCUT2D eigenvalue weighted by Crippen LogP contribution is 2.25. The molecule has 0 bridgehead atoms. The molecule has 0 spiro atoms. The van der Waals surface area contributed by atoms with Crippen LogP contribution in [0.2, 0.25) is 5.15 Å². The average Bonchev–Trinajstić information content (AvgIpc) is 2.79. The monoisotopic (exact) mass is 308 g/mol. The van der Waals surface area contributed by atoms with Gasteiger partial charge in [-0.05, 0) is 18.2 Å². The molecule has 0 aliphatic rings. The molecule has 4 nitrogen and oxygen atoms in total. The lowest BCUT2D eigenvalue weighted by Crippen LogP contribution is -1.98. The predicted molar refractivity (Wildman–Crippen MR) is 77.3 cm³/mol. The number of benzene rings is 1. The van der Waals surface area contributed by atoms with Gasteiger partial charge in [-0.2, -0.15) is 5.10 Å². The van der Waals surface area contributed by atoms with Crippen LogP contribution in [0.5, 0.6) is 0 Å². The quantitative estimate of drug-likeness (QED) is 0.549. The molecule has 3 rings (SSSR count).